The van der Waals surface area contributed by atoms with Crippen LogP contribution in [-0.2, 0) is 11.2 Å². The quantitative estimate of drug-likeness (QED) is 0.739. The fourth-order valence-electron chi connectivity index (χ4n) is 3.61. The van der Waals surface area contributed by atoms with Gasteiger partial charge >= 0.3 is 6.09 Å². The van der Waals surface area contributed by atoms with Crippen molar-refractivity contribution in [2.45, 2.75) is 19.8 Å². The molecule has 4 nitrogen and oxygen atoms in total. The third kappa shape index (κ3) is 3.28. The van der Waals surface area contributed by atoms with Gasteiger partial charge in [-0.2, -0.15) is 5.26 Å². The van der Waals surface area contributed by atoms with E-state index in [2.05, 4.69) is 35.7 Å². The van der Waals surface area contributed by atoms with Crippen LogP contribution in [0.5, 0.6) is 0 Å². The van der Waals surface area contributed by atoms with E-state index >= 15 is 0 Å². The standard InChI is InChI=1S/C23H18N2O2/c1-15(27-23(26)25-18-11-9-16(14-24)10-12-18)19-7-4-8-21-20-6-3-2-5-17(20)13-22(19)21/h2-7,9-12H,8,13H2,1H3,(H,25,26)/b19-15+. The van der Waals surface area contributed by atoms with Crippen molar-refractivity contribution in [3.05, 3.63) is 94.3 Å². The Labute approximate surface area is 158 Å². The van der Waals surface area contributed by atoms with E-state index in [1.54, 1.807) is 24.3 Å². The van der Waals surface area contributed by atoms with Crippen LogP contribution in [0.2, 0.25) is 0 Å². The molecule has 0 heterocycles. The summed E-state index contributed by atoms with van der Waals surface area (Å²) < 4.78 is 5.54. The molecule has 0 fully saturated rings. The molecule has 0 unspecified atom stereocenters. The molecule has 2 aliphatic rings. The number of ether oxygens (including phenoxy) is 1. The predicted molar refractivity (Wildman–Crippen MR) is 105 cm³/mol. The van der Waals surface area contributed by atoms with E-state index in [1.807, 2.05) is 19.1 Å². The number of amides is 1. The third-order valence-corrected chi connectivity index (χ3v) is 4.89. The van der Waals surface area contributed by atoms with Crippen LogP contribution in [0.4, 0.5) is 10.5 Å². The van der Waals surface area contributed by atoms with Crippen molar-refractivity contribution in [3.8, 4) is 6.07 Å². The molecule has 0 spiro atoms. The summed E-state index contributed by atoms with van der Waals surface area (Å²) in [4.78, 5) is 12.3. The Kier molecular flexibility index (Phi) is 4.35. The Bertz CT molecular complexity index is 1050. The molecule has 0 atom stereocenters. The van der Waals surface area contributed by atoms with Gasteiger partial charge in [0.1, 0.15) is 5.76 Å². The maximum atomic E-state index is 12.3. The van der Waals surface area contributed by atoms with Crippen LogP contribution in [0.15, 0.2) is 77.6 Å². The maximum Gasteiger partial charge on any atom is 0.416 e. The first-order chi connectivity index (χ1) is 13.2. The minimum absolute atomic E-state index is 0.540. The summed E-state index contributed by atoms with van der Waals surface area (Å²) in [6, 6.07) is 17.1. The van der Waals surface area contributed by atoms with E-state index in [1.165, 1.54) is 22.3 Å². The number of anilines is 1. The highest BCUT2D eigenvalue weighted by molar-refractivity contribution is 5.86. The van der Waals surface area contributed by atoms with Crippen molar-refractivity contribution in [2.24, 2.45) is 0 Å². The Morgan fingerprint density at radius 3 is 2.67 bits per heavy atom. The monoisotopic (exact) mass is 354 g/mol. The van der Waals surface area contributed by atoms with Gasteiger partial charge in [0, 0.05) is 11.3 Å². The number of hydrogen-bond acceptors (Lipinski definition) is 3. The molecule has 0 aliphatic heterocycles. The molecular formula is C23H18N2O2. The topological polar surface area (TPSA) is 62.1 Å². The van der Waals surface area contributed by atoms with Gasteiger partial charge in [-0.3, -0.25) is 5.32 Å². The summed E-state index contributed by atoms with van der Waals surface area (Å²) in [5.41, 5.74) is 7.27. The minimum Gasteiger partial charge on any atom is -0.414 e. The molecule has 0 saturated carbocycles. The van der Waals surface area contributed by atoms with E-state index in [0.717, 1.165) is 18.4 Å². The van der Waals surface area contributed by atoms with Gasteiger partial charge in [0.05, 0.1) is 11.6 Å². The first-order valence-electron chi connectivity index (χ1n) is 8.83. The van der Waals surface area contributed by atoms with Crippen molar-refractivity contribution in [3.63, 3.8) is 0 Å². The van der Waals surface area contributed by atoms with Crippen LogP contribution in [0.3, 0.4) is 0 Å². The molecular weight excluding hydrogens is 336 g/mol. The number of fused-ring (bicyclic) bond motifs is 2. The molecule has 4 rings (SSSR count). The second kappa shape index (κ2) is 6.97. The first kappa shape index (κ1) is 16.9. The zero-order chi connectivity index (χ0) is 18.8. The van der Waals surface area contributed by atoms with Gasteiger partial charge in [0.25, 0.3) is 0 Å². The van der Waals surface area contributed by atoms with E-state index in [0.29, 0.717) is 17.0 Å². The van der Waals surface area contributed by atoms with Crippen LogP contribution >= 0.6 is 0 Å². The average molecular weight is 354 g/mol. The number of carbonyl (C=O) groups excluding carboxylic acids is 1. The Morgan fingerprint density at radius 1 is 1.11 bits per heavy atom. The number of nitrogens with one attached hydrogen (secondary N) is 1. The molecule has 2 aliphatic carbocycles. The summed E-state index contributed by atoms with van der Waals surface area (Å²) in [5, 5.41) is 11.5. The molecule has 0 saturated heterocycles. The van der Waals surface area contributed by atoms with Gasteiger partial charge in [-0.1, -0.05) is 36.4 Å². The molecule has 0 radical (unpaired) electrons. The van der Waals surface area contributed by atoms with Crippen LogP contribution in [0.1, 0.15) is 30.0 Å². The van der Waals surface area contributed by atoms with Gasteiger partial charge in [-0.05, 0) is 66.3 Å². The molecule has 0 aromatic heterocycles. The molecule has 2 aromatic rings. The summed E-state index contributed by atoms with van der Waals surface area (Å²) in [7, 11) is 0. The second-order valence-corrected chi connectivity index (χ2v) is 6.57. The lowest BCUT2D eigenvalue weighted by Gasteiger charge is -2.16. The van der Waals surface area contributed by atoms with E-state index in [-0.39, 0.29) is 0 Å². The number of benzene rings is 2. The molecule has 1 N–H and O–H groups in total. The normalized spacial score (nSPS) is 16.3. The van der Waals surface area contributed by atoms with Crippen molar-refractivity contribution >= 4 is 17.4 Å². The largest absolute Gasteiger partial charge is 0.416 e. The highest BCUT2D eigenvalue weighted by Crippen LogP contribution is 2.42. The summed E-state index contributed by atoms with van der Waals surface area (Å²) in [6.07, 6.45) is 5.38. The maximum absolute atomic E-state index is 12.3. The van der Waals surface area contributed by atoms with E-state index in [4.69, 9.17) is 10.00 Å². The van der Waals surface area contributed by atoms with Crippen LogP contribution < -0.4 is 5.32 Å². The zero-order valence-electron chi connectivity index (χ0n) is 15.0. The molecule has 2 aromatic carbocycles. The minimum atomic E-state index is -0.540. The predicted octanol–water partition coefficient (Wildman–Crippen LogP) is 5.35. The SMILES string of the molecule is C/C(OC(=O)Nc1ccc(C#N)cc1)=C1/C=CCC2=C1Cc1ccccc12. The van der Waals surface area contributed by atoms with Gasteiger partial charge in [0.2, 0.25) is 0 Å². The van der Waals surface area contributed by atoms with Gasteiger partial charge in [-0.15, -0.1) is 0 Å². The summed E-state index contributed by atoms with van der Waals surface area (Å²) in [6.45, 7) is 1.82. The molecule has 0 bridgehead atoms. The lowest BCUT2D eigenvalue weighted by molar-refractivity contribution is 0.191. The van der Waals surface area contributed by atoms with Gasteiger partial charge < -0.3 is 4.74 Å². The Balaban J connectivity index is 1.53. The van der Waals surface area contributed by atoms with Crippen molar-refractivity contribution in [1.82, 2.24) is 0 Å². The molecule has 132 valence electrons. The fraction of sp³-hybridized carbons (Fsp3) is 0.130. The van der Waals surface area contributed by atoms with Crippen LogP contribution in [0, 0.1) is 11.3 Å². The lowest BCUT2D eigenvalue weighted by Crippen LogP contribution is -2.14. The summed E-state index contributed by atoms with van der Waals surface area (Å²) >= 11 is 0. The fourth-order valence-corrected chi connectivity index (χ4v) is 3.61. The van der Waals surface area contributed by atoms with Gasteiger partial charge in [-0.25, -0.2) is 4.79 Å². The highest BCUT2D eigenvalue weighted by Gasteiger charge is 2.26. The number of carbonyl (C=O) groups is 1. The van der Waals surface area contributed by atoms with Crippen molar-refractivity contribution in [1.29, 1.82) is 5.26 Å². The van der Waals surface area contributed by atoms with Crippen LogP contribution in [0.25, 0.3) is 5.57 Å². The highest BCUT2D eigenvalue weighted by atomic mass is 16.6. The van der Waals surface area contributed by atoms with Crippen LogP contribution in [-0.4, -0.2) is 6.09 Å². The van der Waals surface area contributed by atoms with Crippen molar-refractivity contribution in [2.75, 3.05) is 5.32 Å². The number of hydrogen-bond donors (Lipinski definition) is 1. The first-order valence-corrected chi connectivity index (χ1v) is 8.83. The molecule has 1 amide bonds. The lowest BCUT2D eigenvalue weighted by atomic mass is 9.92. The number of allylic oxidation sites excluding steroid dienone is 6. The second-order valence-electron chi connectivity index (χ2n) is 6.57. The van der Waals surface area contributed by atoms with Crippen molar-refractivity contribution < 1.29 is 9.53 Å². The number of rotatable bonds is 2. The number of nitrogens with zero attached hydrogens (tertiary/aromatic N) is 1. The Morgan fingerprint density at radius 2 is 1.89 bits per heavy atom. The smallest absolute Gasteiger partial charge is 0.414 e. The summed E-state index contributed by atoms with van der Waals surface area (Å²) in [5.74, 6) is 0.581. The zero-order valence-corrected chi connectivity index (χ0v) is 15.0. The van der Waals surface area contributed by atoms with E-state index in [9.17, 15) is 4.79 Å². The average Bonchev–Trinajstić information content (AvgIpc) is 3.07. The van der Waals surface area contributed by atoms with E-state index < -0.39 is 6.09 Å². The number of nitriles is 1. The molecule has 27 heavy (non-hydrogen) atoms. The Hall–Kier alpha value is -3.58. The van der Waals surface area contributed by atoms with Gasteiger partial charge in [0.15, 0.2) is 0 Å². The molecule has 4 heteroatoms. The third-order valence-electron chi connectivity index (χ3n) is 4.89.